The summed E-state index contributed by atoms with van der Waals surface area (Å²) in [5.74, 6) is 0.808. The summed E-state index contributed by atoms with van der Waals surface area (Å²) in [5.41, 5.74) is 1.96. The van der Waals surface area contributed by atoms with Crippen molar-refractivity contribution in [1.29, 1.82) is 0 Å². The summed E-state index contributed by atoms with van der Waals surface area (Å²) >= 11 is 0. The standard InChI is InChI=1S/C21H31N3O/c1-22-20(25)15-23-11-9-21(10-12-23)13-18(17-5-3-2-4-6-17)14-24(16-21)19-7-8-19/h2-6,18-19H,7-16H2,1H3,(H,22,25)/t18-/m0/s1. The maximum Gasteiger partial charge on any atom is 0.233 e. The average molecular weight is 341 g/mol. The molecule has 3 aliphatic rings. The van der Waals surface area contributed by atoms with Gasteiger partial charge in [0.1, 0.15) is 0 Å². The Kier molecular flexibility index (Phi) is 4.83. The molecule has 3 fully saturated rings. The molecule has 4 heteroatoms. The van der Waals surface area contributed by atoms with Crippen molar-refractivity contribution in [2.45, 2.75) is 44.1 Å². The van der Waals surface area contributed by atoms with Crippen molar-refractivity contribution in [2.24, 2.45) is 5.41 Å². The molecule has 0 radical (unpaired) electrons. The monoisotopic (exact) mass is 341 g/mol. The normalized spacial score (nSPS) is 27.3. The van der Waals surface area contributed by atoms with Gasteiger partial charge in [0.15, 0.2) is 0 Å². The summed E-state index contributed by atoms with van der Waals surface area (Å²) in [6, 6.07) is 12.0. The highest BCUT2D eigenvalue weighted by atomic mass is 16.1. The van der Waals surface area contributed by atoms with Gasteiger partial charge in [0, 0.05) is 26.2 Å². The molecule has 1 amide bonds. The van der Waals surface area contributed by atoms with Crippen LogP contribution in [0.3, 0.4) is 0 Å². The molecule has 1 aromatic carbocycles. The number of nitrogens with zero attached hydrogens (tertiary/aromatic N) is 2. The Labute approximate surface area is 151 Å². The number of likely N-dealkylation sites (N-methyl/N-ethyl adjacent to an activating group) is 1. The van der Waals surface area contributed by atoms with E-state index < -0.39 is 0 Å². The van der Waals surface area contributed by atoms with E-state index in [1.807, 2.05) is 0 Å². The van der Waals surface area contributed by atoms with Gasteiger partial charge in [-0.3, -0.25) is 14.6 Å². The number of hydrogen-bond donors (Lipinski definition) is 1. The Morgan fingerprint density at radius 3 is 2.56 bits per heavy atom. The minimum absolute atomic E-state index is 0.140. The number of rotatable bonds is 4. The molecule has 1 saturated carbocycles. The zero-order valence-electron chi connectivity index (χ0n) is 15.4. The maximum absolute atomic E-state index is 11.7. The number of carbonyl (C=O) groups excluding carboxylic acids is 1. The highest BCUT2D eigenvalue weighted by molar-refractivity contribution is 5.77. The van der Waals surface area contributed by atoms with E-state index in [4.69, 9.17) is 0 Å². The second kappa shape index (κ2) is 7.08. The van der Waals surface area contributed by atoms with Crippen LogP contribution in [-0.4, -0.2) is 61.5 Å². The lowest BCUT2D eigenvalue weighted by Gasteiger charge is -2.50. The van der Waals surface area contributed by atoms with E-state index >= 15 is 0 Å². The predicted molar refractivity (Wildman–Crippen MR) is 101 cm³/mol. The third kappa shape index (κ3) is 3.90. The number of benzene rings is 1. The molecule has 1 N–H and O–H groups in total. The van der Waals surface area contributed by atoms with Crippen LogP contribution in [0.1, 0.15) is 43.6 Å². The second-order valence-corrected chi connectivity index (χ2v) is 8.42. The van der Waals surface area contributed by atoms with Crippen molar-refractivity contribution in [3.8, 4) is 0 Å². The molecule has 0 aromatic heterocycles. The lowest BCUT2D eigenvalue weighted by atomic mass is 9.68. The van der Waals surface area contributed by atoms with E-state index in [0.717, 1.165) is 19.1 Å². The fraction of sp³-hybridized carbons (Fsp3) is 0.667. The molecule has 2 heterocycles. The van der Waals surface area contributed by atoms with Crippen molar-refractivity contribution >= 4 is 5.91 Å². The zero-order valence-corrected chi connectivity index (χ0v) is 15.4. The van der Waals surface area contributed by atoms with Crippen molar-refractivity contribution in [2.75, 3.05) is 39.8 Å². The van der Waals surface area contributed by atoms with Crippen LogP contribution in [0.5, 0.6) is 0 Å². The van der Waals surface area contributed by atoms with Gasteiger partial charge in [-0.1, -0.05) is 30.3 Å². The van der Waals surface area contributed by atoms with Crippen molar-refractivity contribution in [3.05, 3.63) is 35.9 Å². The molecule has 4 nitrogen and oxygen atoms in total. The molecule has 1 aliphatic carbocycles. The zero-order chi connectivity index (χ0) is 17.3. The molecule has 4 rings (SSSR count). The topological polar surface area (TPSA) is 35.6 Å². The molecule has 25 heavy (non-hydrogen) atoms. The first-order valence-electron chi connectivity index (χ1n) is 9.89. The van der Waals surface area contributed by atoms with Gasteiger partial charge in [0.25, 0.3) is 0 Å². The molecule has 2 aliphatic heterocycles. The van der Waals surface area contributed by atoms with Gasteiger partial charge in [-0.2, -0.15) is 0 Å². The van der Waals surface area contributed by atoms with Crippen LogP contribution >= 0.6 is 0 Å². The third-order valence-corrected chi connectivity index (χ3v) is 6.57. The highest BCUT2D eigenvalue weighted by Crippen LogP contribution is 2.47. The molecule has 136 valence electrons. The van der Waals surface area contributed by atoms with E-state index in [0.29, 0.717) is 17.9 Å². The molecule has 1 atom stereocenters. The van der Waals surface area contributed by atoms with Gasteiger partial charge in [0.05, 0.1) is 6.54 Å². The lowest BCUT2D eigenvalue weighted by Crippen LogP contribution is -2.53. The van der Waals surface area contributed by atoms with Gasteiger partial charge in [-0.15, -0.1) is 0 Å². The number of carbonyl (C=O) groups is 1. The average Bonchev–Trinajstić information content (AvgIpc) is 3.49. The SMILES string of the molecule is CNC(=O)CN1CCC2(CC1)C[C@H](c1ccccc1)CN(C1CC1)C2. The van der Waals surface area contributed by atoms with Crippen LogP contribution < -0.4 is 5.32 Å². The van der Waals surface area contributed by atoms with Crippen LogP contribution in [-0.2, 0) is 4.79 Å². The Bertz CT molecular complexity index is 590. The van der Waals surface area contributed by atoms with Gasteiger partial charge in [-0.25, -0.2) is 0 Å². The van der Waals surface area contributed by atoms with E-state index in [9.17, 15) is 4.79 Å². The van der Waals surface area contributed by atoms with Crippen LogP contribution in [0.15, 0.2) is 30.3 Å². The summed E-state index contributed by atoms with van der Waals surface area (Å²) < 4.78 is 0. The Morgan fingerprint density at radius 2 is 1.92 bits per heavy atom. The number of piperidine rings is 2. The molecule has 1 aromatic rings. The summed E-state index contributed by atoms with van der Waals surface area (Å²) in [4.78, 5) is 16.8. The van der Waals surface area contributed by atoms with E-state index in [-0.39, 0.29) is 5.91 Å². The molecule has 0 bridgehead atoms. The number of amides is 1. The first-order chi connectivity index (χ1) is 12.2. The quantitative estimate of drug-likeness (QED) is 0.914. The van der Waals surface area contributed by atoms with E-state index in [1.165, 1.54) is 50.8 Å². The minimum atomic E-state index is 0.140. The first-order valence-corrected chi connectivity index (χ1v) is 9.89. The van der Waals surface area contributed by atoms with Crippen LogP contribution in [0.4, 0.5) is 0 Å². The smallest absolute Gasteiger partial charge is 0.233 e. The fourth-order valence-corrected chi connectivity index (χ4v) is 4.93. The molecular formula is C21H31N3O. The van der Waals surface area contributed by atoms with Crippen molar-refractivity contribution in [3.63, 3.8) is 0 Å². The van der Waals surface area contributed by atoms with Crippen LogP contribution in [0.25, 0.3) is 0 Å². The molecule has 0 unspecified atom stereocenters. The molecule has 2 saturated heterocycles. The summed E-state index contributed by atoms with van der Waals surface area (Å²) in [5, 5.41) is 2.75. The summed E-state index contributed by atoms with van der Waals surface area (Å²) in [6.45, 7) is 5.19. The van der Waals surface area contributed by atoms with Gasteiger partial charge in [-0.05, 0) is 62.1 Å². The van der Waals surface area contributed by atoms with Crippen molar-refractivity contribution in [1.82, 2.24) is 15.1 Å². The highest BCUT2D eigenvalue weighted by Gasteiger charge is 2.45. The fourth-order valence-electron chi connectivity index (χ4n) is 4.93. The van der Waals surface area contributed by atoms with Crippen molar-refractivity contribution < 1.29 is 4.79 Å². The Balaban J connectivity index is 1.46. The third-order valence-electron chi connectivity index (χ3n) is 6.57. The van der Waals surface area contributed by atoms with E-state index in [2.05, 4.69) is 45.4 Å². The number of likely N-dealkylation sites (tertiary alicyclic amines) is 2. The van der Waals surface area contributed by atoms with Gasteiger partial charge < -0.3 is 5.32 Å². The summed E-state index contributed by atoms with van der Waals surface area (Å²) in [6.07, 6.45) is 6.56. The molecular weight excluding hydrogens is 310 g/mol. The Morgan fingerprint density at radius 1 is 1.20 bits per heavy atom. The van der Waals surface area contributed by atoms with Gasteiger partial charge >= 0.3 is 0 Å². The Hall–Kier alpha value is -1.39. The van der Waals surface area contributed by atoms with Crippen LogP contribution in [0, 0.1) is 5.41 Å². The number of nitrogens with one attached hydrogen (secondary N) is 1. The molecule has 1 spiro atoms. The van der Waals surface area contributed by atoms with E-state index in [1.54, 1.807) is 7.05 Å². The second-order valence-electron chi connectivity index (χ2n) is 8.42. The van der Waals surface area contributed by atoms with Crippen LogP contribution in [0.2, 0.25) is 0 Å². The lowest BCUT2D eigenvalue weighted by molar-refractivity contribution is -0.122. The minimum Gasteiger partial charge on any atom is -0.358 e. The summed E-state index contributed by atoms with van der Waals surface area (Å²) in [7, 11) is 1.73. The maximum atomic E-state index is 11.7. The largest absolute Gasteiger partial charge is 0.358 e. The first kappa shape index (κ1) is 17.0. The predicted octanol–water partition coefficient (Wildman–Crippen LogP) is 2.47. The van der Waals surface area contributed by atoms with Gasteiger partial charge in [0.2, 0.25) is 5.91 Å². The number of hydrogen-bond acceptors (Lipinski definition) is 3.